The second kappa shape index (κ2) is 5.33. The largest absolute Gasteiger partial charge is 0.478 e. The lowest BCUT2D eigenvalue weighted by molar-refractivity contribution is 0.0691. The average Bonchev–Trinajstić information content (AvgIpc) is 2.83. The van der Waals surface area contributed by atoms with E-state index in [0.717, 1.165) is 0 Å². The molecule has 6 heteroatoms. The van der Waals surface area contributed by atoms with Gasteiger partial charge in [-0.15, -0.1) is 0 Å². The van der Waals surface area contributed by atoms with Crippen molar-refractivity contribution in [3.05, 3.63) is 47.3 Å². The fourth-order valence-corrected chi connectivity index (χ4v) is 1.76. The third-order valence-electron chi connectivity index (χ3n) is 2.60. The van der Waals surface area contributed by atoms with Crippen molar-refractivity contribution in [2.24, 2.45) is 0 Å². The monoisotopic (exact) mass is 257 g/mol. The molecule has 0 saturated carbocycles. The second-order valence-corrected chi connectivity index (χ2v) is 3.82. The Morgan fingerprint density at radius 2 is 2.37 bits per heavy atom. The Morgan fingerprint density at radius 3 is 3.00 bits per heavy atom. The lowest BCUT2D eigenvalue weighted by Crippen LogP contribution is -2.07. The van der Waals surface area contributed by atoms with E-state index in [1.54, 1.807) is 24.3 Å². The highest BCUT2D eigenvalue weighted by Crippen LogP contribution is 2.17. The third-order valence-corrected chi connectivity index (χ3v) is 2.60. The summed E-state index contributed by atoms with van der Waals surface area (Å²) in [7, 11) is 1.48. The summed E-state index contributed by atoms with van der Waals surface area (Å²) in [6.07, 6.45) is 1.27. The molecule has 0 radical (unpaired) electrons. The number of hydrogen-bond acceptors (Lipinski definition) is 4. The molecule has 0 amide bonds. The maximum absolute atomic E-state index is 11.1. The topological polar surface area (TPSA) is 88.1 Å². The van der Waals surface area contributed by atoms with E-state index in [9.17, 15) is 4.79 Å². The molecule has 0 atom stereocenters. The number of carboxylic acids is 1. The van der Waals surface area contributed by atoms with Crippen molar-refractivity contribution in [1.82, 2.24) is 9.78 Å². The van der Waals surface area contributed by atoms with E-state index >= 15 is 0 Å². The van der Waals surface area contributed by atoms with Crippen LogP contribution >= 0.6 is 0 Å². The molecule has 1 aromatic heterocycles. The number of benzene rings is 1. The summed E-state index contributed by atoms with van der Waals surface area (Å²) >= 11 is 0. The van der Waals surface area contributed by atoms with Crippen molar-refractivity contribution in [2.75, 3.05) is 7.11 Å². The predicted molar refractivity (Wildman–Crippen MR) is 66.0 cm³/mol. The number of ether oxygens (including phenoxy) is 1. The van der Waals surface area contributed by atoms with Gasteiger partial charge in [-0.05, 0) is 18.2 Å². The van der Waals surface area contributed by atoms with Crippen LogP contribution in [-0.4, -0.2) is 28.0 Å². The predicted octanol–water partition coefficient (Wildman–Crippen LogP) is 1.59. The number of methoxy groups -OCH3 is 1. The summed E-state index contributed by atoms with van der Waals surface area (Å²) in [6, 6.07) is 8.80. The van der Waals surface area contributed by atoms with E-state index in [1.165, 1.54) is 18.0 Å². The molecule has 2 rings (SSSR count). The molecule has 1 N–H and O–H groups in total. The highest BCUT2D eigenvalue weighted by Gasteiger charge is 2.17. The van der Waals surface area contributed by atoms with E-state index < -0.39 is 5.97 Å². The number of aromatic carboxylic acids is 1. The molecule has 0 spiro atoms. The molecule has 6 nitrogen and oxygen atoms in total. The van der Waals surface area contributed by atoms with Crippen molar-refractivity contribution in [1.29, 1.82) is 5.26 Å². The Morgan fingerprint density at radius 1 is 1.58 bits per heavy atom. The minimum atomic E-state index is -1.06. The lowest BCUT2D eigenvalue weighted by Gasteiger charge is -2.07. The van der Waals surface area contributed by atoms with Gasteiger partial charge in [-0.3, -0.25) is 0 Å². The van der Waals surface area contributed by atoms with Crippen molar-refractivity contribution in [2.45, 2.75) is 6.61 Å². The standard InChI is InChI=1S/C13H11N3O3/c1-19-8-12-11(13(17)18)7-15-16(12)10-4-2-3-9(5-10)6-14/h2-5,7H,8H2,1H3,(H,17,18). The molecule has 0 unspecified atom stereocenters. The molecule has 0 aliphatic rings. The van der Waals surface area contributed by atoms with Crippen LogP contribution in [0.4, 0.5) is 0 Å². The van der Waals surface area contributed by atoms with Crippen LogP contribution in [0.15, 0.2) is 30.5 Å². The normalized spacial score (nSPS) is 10.1. The third kappa shape index (κ3) is 2.46. The summed E-state index contributed by atoms with van der Waals surface area (Å²) in [5.74, 6) is -1.06. The fraction of sp³-hybridized carbons (Fsp3) is 0.154. The SMILES string of the molecule is COCc1c(C(=O)O)cnn1-c1cccc(C#N)c1. The number of aromatic nitrogens is 2. The van der Waals surface area contributed by atoms with Gasteiger partial charge in [0, 0.05) is 7.11 Å². The van der Waals surface area contributed by atoms with Gasteiger partial charge < -0.3 is 9.84 Å². The highest BCUT2D eigenvalue weighted by molar-refractivity contribution is 5.88. The first-order valence-corrected chi connectivity index (χ1v) is 5.47. The van der Waals surface area contributed by atoms with Gasteiger partial charge >= 0.3 is 5.97 Å². The van der Waals surface area contributed by atoms with Gasteiger partial charge in [-0.2, -0.15) is 10.4 Å². The summed E-state index contributed by atoms with van der Waals surface area (Å²) < 4.78 is 6.47. The number of nitrogens with zero attached hydrogens (tertiary/aromatic N) is 3. The summed E-state index contributed by atoms with van der Waals surface area (Å²) in [5.41, 5.74) is 1.63. The zero-order valence-corrected chi connectivity index (χ0v) is 10.2. The van der Waals surface area contributed by atoms with Gasteiger partial charge in [0.1, 0.15) is 5.56 Å². The van der Waals surface area contributed by atoms with Crippen LogP contribution < -0.4 is 0 Å². The number of carboxylic acid groups (broad SMARTS) is 1. The Hall–Kier alpha value is -2.65. The van der Waals surface area contributed by atoms with Gasteiger partial charge in [0.2, 0.25) is 0 Å². The molecule has 19 heavy (non-hydrogen) atoms. The van der Waals surface area contributed by atoms with Crippen LogP contribution in [0.25, 0.3) is 5.69 Å². The minimum absolute atomic E-state index is 0.0872. The van der Waals surface area contributed by atoms with E-state index in [1.807, 2.05) is 6.07 Å². The summed E-state index contributed by atoms with van der Waals surface area (Å²) in [6.45, 7) is 0.123. The van der Waals surface area contributed by atoms with Crippen molar-refractivity contribution in [3.8, 4) is 11.8 Å². The zero-order chi connectivity index (χ0) is 13.8. The highest BCUT2D eigenvalue weighted by atomic mass is 16.5. The van der Waals surface area contributed by atoms with Crippen molar-refractivity contribution in [3.63, 3.8) is 0 Å². The number of hydrogen-bond donors (Lipinski definition) is 1. The number of nitriles is 1. The molecule has 0 aliphatic heterocycles. The molecule has 0 aliphatic carbocycles. The Balaban J connectivity index is 2.55. The van der Waals surface area contributed by atoms with Gasteiger partial charge in [-0.1, -0.05) is 6.07 Å². The van der Waals surface area contributed by atoms with Gasteiger partial charge in [0.05, 0.1) is 35.8 Å². The molecule has 0 fully saturated rings. The van der Waals surface area contributed by atoms with E-state index in [2.05, 4.69) is 5.10 Å². The molecule has 2 aromatic rings. The Bertz CT molecular complexity index is 655. The molecular weight excluding hydrogens is 246 g/mol. The second-order valence-electron chi connectivity index (χ2n) is 3.82. The Labute approximate surface area is 109 Å². The first-order chi connectivity index (χ1) is 9.17. The molecule has 1 aromatic carbocycles. The maximum Gasteiger partial charge on any atom is 0.339 e. The lowest BCUT2D eigenvalue weighted by atomic mass is 10.2. The quantitative estimate of drug-likeness (QED) is 0.898. The van der Waals surface area contributed by atoms with Crippen LogP contribution in [0.1, 0.15) is 21.6 Å². The first kappa shape index (κ1) is 12.8. The molecule has 0 saturated heterocycles. The number of carbonyl (C=O) groups is 1. The van der Waals surface area contributed by atoms with Crippen molar-refractivity contribution < 1.29 is 14.6 Å². The molecule has 0 bridgehead atoms. The van der Waals surface area contributed by atoms with Crippen LogP contribution in [0.3, 0.4) is 0 Å². The minimum Gasteiger partial charge on any atom is -0.478 e. The van der Waals surface area contributed by atoms with Crippen LogP contribution in [0.2, 0.25) is 0 Å². The van der Waals surface area contributed by atoms with E-state index in [4.69, 9.17) is 15.1 Å². The first-order valence-electron chi connectivity index (χ1n) is 5.47. The smallest absolute Gasteiger partial charge is 0.339 e. The summed E-state index contributed by atoms with van der Waals surface area (Å²) in [4.78, 5) is 11.1. The van der Waals surface area contributed by atoms with Gasteiger partial charge in [0.25, 0.3) is 0 Å². The van der Waals surface area contributed by atoms with Crippen LogP contribution in [0, 0.1) is 11.3 Å². The maximum atomic E-state index is 11.1. The zero-order valence-electron chi connectivity index (χ0n) is 10.2. The fourth-order valence-electron chi connectivity index (χ4n) is 1.76. The van der Waals surface area contributed by atoms with Crippen LogP contribution in [-0.2, 0) is 11.3 Å². The molecule has 1 heterocycles. The Kier molecular flexibility index (Phi) is 3.59. The van der Waals surface area contributed by atoms with E-state index in [-0.39, 0.29) is 12.2 Å². The number of rotatable bonds is 4. The molecular formula is C13H11N3O3. The molecule has 96 valence electrons. The van der Waals surface area contributed by atoms with Gasteiger partial charge in [0.15, 0.2) is 0 Å². The van der Waals surface area contributed by atoms with Crippen LogP contribution in [0.5, 0.6) is 0 Å². The van der Waals surface area contributed by atoms with E-state index in [0.29, 0.717) is 16.9 Å². The summed E-state index contributed by atoms with van der Waals surface area (Å²) in [5, 5.41) is 22.0. The van der Waals surface area contributed by atoms with Crippen molar-refractivity contribution >= 4 is 5.97 Å². The van der Waals surface area contributed by atoms with Gasteiger partial charge in [-0.25, -0.2) is 9.48 Å². The average molecular weight is 257 g/mol.